The van der Waals surface area contributed by atoms with Gasteiger partial charge in [-0.3, -0.25) is 10.1 Å². The summed E-state index contributed by atoms with van der Waals surface area (Å²) in [5.74, 6) is -0.0811. The van der Waals surface area contributed by atoms with Crippen molar-refractivity contribution in [2.75, 3.05) is 12.8 Å². The van der Waals surface area contributed by atoms with E-state index in [1.54, 1.807) is 12.1 Å². The number of methoxy groups -OCH3 is 1. The molecular formula is C12H12N4O5. The highest BCUT2D eigenvalue weighted by molar-refractivity contribution is 5.59. The monoisotopic (exact) mass is 292 g/mol. The summed E-state index contributed by atoms with van der Waals surface area (Å²) in [6, 6.07) is 4.65. The molecule has 0 saturated heterocycles. The van der Waals surface area contributed by atoms with Crippen LogP contribution in [-0.4, -0.2) is 27.1 Å². The number of ether oxygens (including phenoxy) is 2. The number of nitrogen functional groups attached to an aromatic ring is 1. The van der Waals surface area contributed by atoms with E-state index in [2.05, 4.69) is 9.97 Å². The van der Waals surface area contributed by atoms with Gasteiger partial charge in [-0.25, -0.2) is 4.98 Å². The molecule has 0 bridgehead atoms. The zero-order chi connectivity index (χ0) is 15.4. The van der Waals surface area contributed by atoms with Gasteiger partial charge in [0, 0.05) is 0 Å². The summed E-state index contributed by atoms with van der Waals surface area (Å²) in [5, 5.41) is 20.1. The summed E-state index contributed by atoms with van der Waals surface area (Å²) >= 11 is 0. The average Bonchev–Trinajstić information content (AvgIpc) is 2.47. The molecule has 2 rings (SSSR count). The normalized spacial score (nSPS) is 10.2. The predicted molar refractivity (Wildman–Crippen MR) is 72.1 cm³/mol. The van der Waals surface area contributed by atoms with Crippen LogP contribution in [0.4, 0.5) is 11.5 Å². The largest absolute Gasteiger partial charge is 0.493 e. The highest BCUT2D eigenvalue weighted by Gasteiger charge is 2.24. The molecule has 0 spiro atoms. The molecule has 0 aliphatic heterocycles. The summed E-state index contributed by atoms with van der Waals surface area (Å²) in [6.45, 7) is -0.169. The van der Waals surface area contributed by atoms with Crippen LogP contribution in [0, 0.1) is 10.1 Å². The molecule has 0 atom stereocenters. The van der Waals surface area contributed by atoms with Gasteiger partial charge in [-0.05, 0) is 17.7 Å². The lowest BCUT2D eigenvalue weighted by Gasteiger charge is -2.10. The van der Waals surface area contributed by atoms with Crippen LogP contribution < -0.4 is 15.2 Å². The van der Waals surface area contributed by atoms with Gasteiger partial charge < -0.3 is 20.3 Å². The second-order valence-corrected chi connectivity index (χ2v) is 3.92. The Morgan fingerprint density at radius 3 is 2.76 bits per heavy atom. The number of rotatable bonds is 5. The van der Waals surface area contributed by atoms with Crippen molar-refractivity contribution in [1.82, 2.24) is 9.97 Å². The van der Waals surface area contributed by atoms with E-state index in [0.717, 1.165) is 6.33 Å². The third kappa shape index (κ3) is 2.98. The number of hydrogen-bond donors (Lipinski definition) is 2. The van der Waals surface area contributed by atoms with Gasteiger partial charge in [0.15, 0.2) is 11.5 Å². The fraction of sp³-hybridized carbons (Fsp3) is 0.167. The standard InChI is InChI=1S/C12H12N4O5/c1-20-9-4-7(5-17)2-3-8(9)21-12-10(16(18)19)11(13)14-6-15-12/h2-4,6,17H,5H2,1H3,(H2,13,14,15). The summed E-state index contributed by atoms with van der Waals surface area (Å²) < 4.78 is 10.5. The van der Waals surface area contributed by atoms with Crippen LogP contribution in [0.25, 0.3) is 0 Å². The Kier molecular flexibility index (Phi) is 4.14. The molecule has 1 aromatic heterocycles. The quantitative estimate of drug-likeness (QED) is 0.621. The molecule has 0 radical (unpaired) electrons. The molecule has 3 N–H and O–H groups in total. The lowest BCUT2D eigenvalue weighted by Crippen LogP contribution is -2.03. The van der Waals surface area contributed by atoms with Gasteiger partial charge in [0.05, 0.1) is 18.6 Å². The Bertz CT molecular complexity index is 677. The third-order valence-corrected chi connectivity index (χ3v) is 2.62. The molecule has 1 heterocycles. The van der Waals surface area contributed by atoms with Crippen molar-refractivity contribution in [3.63, 3.8) is 0 Å². The second-order valence-electron chi connectivity index (χ2n) is 3.92. The van der Waals surface area contributed by atoms with Crippen LogP contribution in [0.3, 0.4) is 0 Å². The van der Waals surface area contributed by atoms with Crippen LogP contribution in [0.15, 0.2) is 24.5 Å². The van der Waals surface area contributed by atoms with Crippen LogP contribution in [0.2, 0.25) is 0 Å². The van der Waals surface area contributed by atoms with E-state index < -0.39 is 10.6 Å². The van der Waals surface area contributed by atoms with Crippen molar-refractivity contribution in [1.29, 1.82) is 0 Å². The topological polar surface area (TPSA) is 134 Å². The zero-order valence-electron chi connectivity index (χ0n) is 11.0. The molecule has 21 heavy (non-hydrogen) atoms. The Morgan fingerprint density at radius 1 is 1.38 bits per heavy atom. The SMILES string of the molecule is COc1cc(CO)ccc1Oc1ncnc(N)c1[N+](=O)[O-]. The summed E-state index contributed by atoms with van der Waals surface area (Å²) in [6.07, 6.45) is 1.06. The molecule has 9 heteroatoms. The van der Waals surface area contributed by atoms with Crippen molar-refractivity contribution < 1.29 is 19.5 Å². The third-order valence-electron chi connectivity index (χ3n) is 2.62. The van der Waals surface area contributed by atoms with Gasteiger partial charge in [-0.15, -0.1) is 0 Å². The van der Waals surface area contributed by atoms with Gasteiger partial charge in [0.1, 0.15) is 6.33 Å². The van der Waals surface area contributed by atoms with E-state index in [9.17, 15) is 10.1 Å². The number of nitrogens with two attached hydrogens (primary N) is 1. The van der Waals surface area contributed by atoms with E-state index in [-0.39, 0.29) is 24.1 Å². The zero-order valence-corrected chi connectivity index (χ0v) is 11.0. The summed E-state index contributed by atoms with van der Waals surface area (Å²) in [5.41, 5.74) is 5.54. The lowest BCUT2D eigenvalue weighted by molar-refractivity contribution is -0.385. The van der Waals surface area contributed by atoms with E-state index in [1.165, 1.54) is 13.2 Å². The maximum Gasteiger partial charge on any atom is 0.372 e. The minimum Gasteiger partial charge on any atom is -0.493 e. The average molecular weight is 292 g/mol. The van der Waals surface area contributed by atoms with E-state index in [0.29, 0.717) is 11.3 Å². The van der Waals surface area contributed by atoms with Crippen molar-refractivity contribution in [3.05, 3.63) is 40.2 Å². The summed E-state index contributed by atoms with van der Waals surface area (Å²) in [4.78, 5) is 17.5. The molecular weight excluding hydrogens is 280 g/mol. The van der Waals surface area contributed by atoms with Crippen LogP contribution in [0.5, 0.6) is 17.4 Å². The molecule has 1 aromatic carbocycles. The molecule has 0 fully saturated rings. The minimum absolute atomic E-state index is 0.169. The first-order valence-corrected chi connectivity index (χ1v) is 5.77. The van der Waals surface area contributed by atoms with Crippen molar-refractivity contribution in [2.45, 2.75) is 6.61 Å². The maximum atomic E-state index is 11.0. The van der Waals surface area contributed by atoms with E-state index in [1.807, 2.05) is 0 Å². The van der Waals surface area contributed by atoms with Crippen LogP contribution >= 0.6 is 0 Å². The van der Waals surface area contributed by atoms with Gasteiger partial charge in [0.2, 0.25) is 5.82 Å². The van der Waals surface area contributed by atoms with Crippen molar-refractivity contribution in [3.8, 4) is 17.4 Å². The molecule has 0 aliphatic carbocycles. The van der Waals surface area contributed by atoms with Crippen molar-refractivity contribution in [2.24, 2.45) is 0 Å². The molecule has 0 saturated carbocycles. The molecule has 0 unspecified atom stereocenters. The Labute approximate surface area is 119 Å². The molecule has 9 nitrogen and oxygen atoms in total. The van der Waals surface area contributed by atoms with Gasteiger partial charge >= 0.3 is 11.6 Å². The highest BCUT2D eigenvalue weighted by atomic mass is 16.6. The number of aromatic nitrogens is 2. The van der Waals surface area contributed by atoms with Crippen LogP contribution in [-0.2, 0) is 6.61 Å². The Balaban J connectivity index is 2.43. The minimum atomic E-state index is -0.723. The predicted octanol–water partition coefficient (Wildman–Crippen LogP) is 1.26. The maximum absolute atomic E-state index is 11.0. The number of nitrogens with zero attached hydrogens (tertiary/aromatic N) is 3. The van der Waals surface area contributed by atoms with E-state index >= 15 is 0 Å². The van der Waals surface area contributed by atoms with Gasteiger partial charge in [-0.1, -0.05) is 6.07 Å². The Hall–Kier alpha value is -2.94. The molecule has 2 aromatic rings. The van der Waals surface area contributed by atoms with Crippen molar-refractivity contribution >= 4 is 11.5 Å². The number of aliphatic hydroxyl groups excluding tert-OH is 1. The first kappa shape index (κ1) is 14.5. The number of anilines is 1. The first-order valence-electron chi connectivity index (χ1n) is 5.77. The van der Waals surface area contributed by atoms with E-state index in [4.69, 9.17) is 20.3 Å². The molecule has 110 valence electrons. The second kappa shape index (κ2) is 6.01. The lowest BCUT2D eigenvalue weighted by atomic mass is 10.2. The highest BCUT2D eigenvalue weighted by Crippen LogP contribution is 2.36. The summed E-state index contributed by atoms with van der Waals surface area (Å²) in [7, 11) is 1.41. The van der Waals surface area contributed by atoms with Gasteiger partial charge in [-0.2, -0.15) is 4.98 Å². The fourth-order valence-electron chi connectivity index (χ4n) is 1.62. The number of benzene rings is 1. The van der Waals surface area contributed by atoms with Gasteiger partial charge in [0.25, 0.3) is 0 Å². The first-order chi connectivity index (χ1) is 10.1. The smallest absolute Gasteiger partial charge is 0.372 e. The fourth-order valence-corrected chi connectivity index (χ4v) is 1.62. The Morgan fingerprint density at radius 2 is 2.14 bits per heavy atom. The molecule has 0 aliphatic rings. The molecule has 0 amide bonds. The van der Waals surface area contributed by atoms with Crippen LogP contribution in [0.1, 0.15) is 5.56 Å². The number of nitro groups is 1. The number of aliphatic hydroxyl groups is 1. The number of hydrogen-bond acceptors (Lipinski definition) is 8.